The molecule has 1 heterocycles. The quantitative estimate of drug-likeness (QED) is 0.157. The zero-order valence-electron chi connectivity index (χ0n) is 22.2. The summed E-state index contributed by atoms with van der Waals surface area (Å²) < 4.78 is 24.9. The Bertz CT molecular complexity index is 1340. The molecule has 39 heavy (non-hydrogen) atoms. The Balaban J connectivity index is 1.41. The SMILES string of the molecule is Cc1ccc(C(C)C)c(Oc2ccc(N3C[C@H](C(=O)O[C@@H](CCCl)C(=O)c4ccc(F)cc4)CC3=O)cc2)c1. The number of anilines is 1. The van der Waals surface area contributed by atoms with Gasteiger partial charge in [0.2, 0.25) is 11.7 Å². The number of rotatable bonds is 10. The molecule has 2 atom stereocenters. The number of esters is 1. The molecule has 1 fully saturated rings. The van der Waals surface area contributed by atoms with Gasteiger partial charge >= 0.3 is 5.97 Å². The van der Waals surface area contributed by atoms with Crippen molar-refractivity contribution in [2.75, 3.05) is 17.3 Å². The Morgan fingerprint density at radius 2 is 1.74 bits per heavy atom. The van der Waals surface area contributed by atoms with E-state index in [1.165, 1.54) is 29.2 Å². The van der Waals surface area contributed by atoms with Crippen LogP contribution in [0.5, 0.6) is 11.5 Å². The van der Waals surface area contributed by atoms with Crippen molar-refractivity contribution in [3.63, 3.8) is 0 Å². The molecule has 0 aliphatic carbocycles. The van der Waals surface area contributed by atoms with Crippen molar-refractivity contribution in [1.82, 2.24) is 0 Å². The molecule has 0 radical (unpaired) electrons. The maximum absolute atomic E-state index is 13.2. The van der Waals surface area contributed by atoms with Crippen molar-refractivity contribution in [3.05, 3.63) is 89.2 Å². The summed E-state index contributed by atoms with van der Waals surface area (Å²) in [7, 11) is 0. The van der Waals surface area contributed by atoms with E-state index in [4.69, 9.17) is 21.1 Å². The van der Waals surface area contributed by atoms with Crippen LogP contribution >= 0.6 is 11.6 Å². The molecule has 0 saturated carbocycles. The summed E-state index contributed by atoms with van der Waals surface area (Å²) in [5.41, 5.74) is 3.05. The minimum Gasteiger partial charge on any atom is -0.457 e. The molecule has 204 valence electrons. The number of amides is 1. The number of halogens is 2. The monoisotopic (exact) mass is 551 g/mol. The van der Waals surface area contributed by atoms with E-state index in [1.807, 2.05) is 13.0 Å². The van der Waals surface area contributed by atoms with E-state index in [-0.39, 0.29) is 36.7 Å². The average molecular weight is 552 g/mol. The Labute approximate surface area is 232 Å². The lowest BCUT2D eigenvalue weighted by molar-refractivity contribution is -0.151. The summed E-state index contributed by atoms with van der Waals surface area (Å²) in [5, 5.41) is 0. The van der Waals surface area contributed by atoms with Crippen LogP contribution in [0.3, 0.4) is 0 Å². The van der Waals surface area contributed by atoms with Gasteiger partial charge in [0.15, 0.2) is 6.10 Å². The number of alkyl halides is 1. The summed E-state index contributed by atoms with van der Waals surface area (Å²) in [6, 6.07) is 18.3. The van der Waals surface area contributed by atoms with E-state index in [0.717, 1.165) is 16.9 Å². The number of ketones is 1. The van der Waals surface area contributed by atoms with Gasteiger partial charge in [0.05, 0.1) is 5.92 Å². The highest BCUT2D eigenvalue weighted by Gasteiger charge is 2.38. The summed E-state index contributed by atoms with van der Waals surface area (Å²) in [6.07, 6.45) is -1.04. The van der Waals surface area contributed by atoms with Gasteiger partial charge in [0, 0.05) is 36.5 Å². The van der Waals surface area contributed by atoms with Crippen LogP contribution in [0.1, 0.15) is 54.1 Å². The van der Waals surface area contributed by atoms with Gasteiger partial charge < -0.3 is 14.4 Å². The standard InChI is InChI=1S/C31H31ClFNO5/c1-19(2)26-13-4-20(3)16-28(26)38-25-11-9-24(10-12-25)34-18-22(17-29(34)35)31(37)39-27(14-15-32)30(36)21-5-7-23(33)8-6-21/h4-13,16,19,22,27H,14-15,17-18H2,1-3H3/t22-,27+/m1/s1. The van der Waals surface area contributed by atoms with E-state index in [1.54, 1.807) is 24.3 Å². The molecule has 8 heteroatoms. The van der Waals surface area contributed by atoms with Crippen molar-refractivity contribution < 1.29 is 28.2 Å². The molecule has 4 rings (SSSR count). The zero-order valence-corrected chi connectivity index (χ0v) is 22.9. The predicted molar refractivity (Wildman–Crippen MR) is 148 cm³/mol. The van der Waals surface area contributed by atoms with E-state index >= 15 is 0 Å². The summed E-state index contributed by atoms with van der Waals surface area (Å²) in [6.45, 7) is 6.36. The number of aryl methyl sites for hydroxylation is 1. The first-order valence-electron chi connectivity index (χ1n) is 12.9. The van der Waals surface area contributed by atoms with Gasteiger partial charge in [-0.2, -0.15) is 0 Å². The molecule has 3 aromatic rings. The van der Waals surface area contributed by atoms with Crippen molar-refractivity contribution in [2.24, 2.45) is 5.92 Å². The van der Waals surface area contributed by atoms with Crippen LogP contribution in [0.4, 0.5) is 10.1 Å². The normalized spacial score (nSPS) is 15.9. The molecular formula is C31H31ClFNO5. The van der Waals surface area contributed by atoms with Crippen LogP contribution in [0.25, 0.3) is 0 Å². The van der Waals surface area contributed by atoms with Gasteiger partial charge in [0.25, 0.3) is 0 Å². The number of carbonyl (C=O) groups excluding carboxylic acids is 3. The number of hydrogen-bond donors (Lipinski definition) is 0. The zero-order chi connectivity index (χ0) is 28.1. The number of ether oxygens (including phenoxy) is 2. The van der Waals surface area contributed by atoms with Crippen LogP contribution in [0.15, 0.2) is 66.7 Å². The molecule has 0 aromatic heterocycles. The van der Waals surface area contributed by atoms with Crippen molar-refractivity contribution in [1.29, 1.82) is 0 Å². The third-order valence-corrected chi connectivity index (χ3v) is 6.89. The number of benzene rings is 3. The molecular weight excluding hydrogens is 521 g/mol. The van der Waals surface area contributed by atoms with Crippen LogP contribution < -0.4 is 9.64 Å². The fraction of sp³-hybridized carbons (Fsp3) is 0.323. The Hall–Kier alpha value is -3.71. The number of hydrogen-bond acceptors (Lipinski definition) is 5. The van der Waals surface area contributed by atoms with E-state index in [2.05, 4.69) is 26.0 Å². The first kappa shape index (κ1) is 28.3. The van der Waals surface area contributed by atoms with Crippen LogP contribution in [0, 0.1) is 18.7 Å². The molecule has 1 aliphatic heterocycles. The van der Waals surface area contributed by atoms with Crippen LogP contribution in [0.2, 0.25) is 0 Å². The van der Waals surface area contributed by atoms with Gasteiger partial charge in [-0.05, 0) is 78.6 Å². The van der Waals surface area contributed by atoms with Crippen LogP contribution in [-0.4, -0.2) is 36.2 Å². The Kier molecular flexibility index (Phi) is 9.02. The van der Waals surface area contributed by atoms with E-state index in [9.17, 15) is 18.8 Å². The smallest absolute Gasteiger partial charge is 0.312 e. The molecule has 0 N–H and O–H groups in total. The van der Waals surface area contributed by atoms with E-state index in [0.29, 0.717) is 17.4 Å². The third-order valence-electron chi connectivity index (χ3n) is 6.68. The fourth-order valence-corrected chi connectivity index (χ4v) is 4.72. The average Bonchev–Trinajstić information content (AvgIpc) is 3.30. The highest BCUT2D eigenvalue weighted by Crippen LogP contribution is 2.33. The van der Waals surface area contributed by atoms with Gasteiger partial charge in [-0.25, -0.2) is 4.39 Å². The lowest BCUT2D eigenvalue weighted by Gasteiger charge is -2.20. The molecule has 0 spiro atoms. The minimum atomic E-state index is -1.11. The largest absolute Gasteiger partial charge is 0.457 e. The van der Waals surface area contributed by atoms with Crippen molar-refractivity contribution in [3.8, 4) is 11.5 Å². The molecule has 1 aliphatic rings. The summed E-state index contributed by atoms with van der Waals surface area (Å²) >= 11 is 5.84. The first-order valence-corrected chi connectivity index (χ1v) is 13.4. The second-order valence-corrected chi connectivity index (χ2v) is 10.3. The maximum atomic E-state index is 13.2. The highest BCUT2D eigenvalue weighted by atomic mass is 35.5. The predicted octanol–water partition coefficient (Wildman–Crippen LogP) is 6.83. The lowest BCUT2D eigenvalue weighted by atomic mass is 10.0. The minimum absolute atomic E-state index is 0.0313. The molecule has 0 unspecified atom stereocenters. The van der Waals surface area contributed by atoms with Crippen LogP contribution in [-0.2, 0) is 14.3 Å². The molecule has 1 saturated heterocycles. The third kappa shape index (κ3) is 6.84. The van der Waals surface area contributed by atoms with Crippen molar-refractivity contribution >= 4 is 34.9 Å². The summed E-state index contributed by atoms with van der Waals surface area (Å²) in [4.78, 5) is 40.1. The second-order valence-electron chi connectivity index (χ2n) is 9.97. The van der Waals surface area contributed by atoms with Gasteiger partial charge in [-0.3, -0.25) is 14.4 Å². The number of carbonyl (C=O) groups is 3. The Morgan fingerprint density at radius 3 is 2.38 bits per heavy atom. The highest BCUT2D eigenvalue weighted by molar-refractivity contribution is 6.18. The van der Waals surface area contributed by atoms with E-state index < -0.39 is 29.6 Å². The van der Waals surface area contributed by atoms with Gasteiger partial charge in [-0.15, -0.1) is 11.6 Å². The first-order chi connectivity index (χ1) is 18.7. The van der Waals surface area contributed by atoms with Crippen molar-refractivity contribution in [2.45, 2.75) is 45.6 Å². The molecule has 0 bridgehead atoms. The topological polar surface area (TPSA) is 72.9 Å². The summed E-state index contributed by atoms with van der Waals surface area (Å²) in [5.74, 6) is -0.705. The maximum Gasteiger partial charge on any atom is 0.312 e. The van der Waals surface area contributed by atoms with Gasteiger partial charge in [0.1, 0.15) is 17.3 Å². The Morgan fingerprint density at radius 1 is 1.05 bits per heavy atom. The van der Waals surface area contributed by atoms with Gasteiger partial charge in [-0.1, -0.05) is 26.0 Å². The fourth-order valence-electron chi connectivity index (χ4n) is 4.52. The second kappa shape index (κ2) is 12.4. The molecule has 6 nitrogen and oxygen atoms in total. The molecule has 1 amide bonds. The number of Topliss-reactive ketones (excluding diaryl/α,β-unsaturated/α-hetero) is 1. The lowest BCUT2D eigenvalue weighted by Crippen LogP contribution is -2.32. The number of nitrogens with zero attached hydrogens (tertiary/aromatic N) is 1. The molecule has 3 aromatic carbocycles.